The van der Waals surface area contributed by atoms with Crippen molar-refractivity contribution in [3.8, 4) is 5.75 Å². The first-order valence-corrected chi connectivity index (χ1v) is 4.63. The summed E-state index contributed by atoms with van der Waals surface area (Å²) < 4.78 is 4.99. The third-order valence-electron chi connectivity index (χ3n) is 1.97. The molecule has 4 heteroatoms. The van der Waals surface area contributed by atoms with Crippen molar-refractivity contribution in [2.24, 2.45) is 0 Å². The zero-order chi connectivity index (χ0) is 10.7. The van der Waals surface area contributed by atoms with E-state index in [9.17, 15) is 10.2 Å². The molecule has 0 saturated heterocycles. The lowest BCUT2D eigenvalue weighted by molar-refractivity contribution is 0.0304. The molecular formula is C10H13ClO3. The van der Waals surface area contributed by atoms with Gasteiger partial charge in [0, 0.05) is 0 Å². The van der Waals surface area contributed by atoms with Crippen LogP contribution in [0.1, 0.15) is 18.6 Å². The second-order valence-electron chi connectivity index (χ2n) is 3.08. The standard InChI is InChI=1S/C10H13ClO3/c1-6(12)10(13)7-3-4-8(11)9(5-7)14-2/h3-6,10,12-13H,1-2H3. The highest BCUT2D eigenvalue weighted by Gasteiger charge is 2.14. The minimum atomic E-state index is -0.916. The number of ether oxygens (including phenoxy) is 1. The normalized spacial score (nSPS) is 14.9. The van der Waals surface area contributed by atoms with E-state index in [0.717, 1.165) is 0 Å². The average molecular weight is 217 g/mol. The van der Waals surface area contributed by atoms with Gasteiger partial charge in [-0.3, -0.25) is 0 Å². The van der Waals surface area contributed by atoms with Gasteiger partial charge in [0.05, 0.1) is 18.2 Å². The van der Waals surface area contributed by atoms with E-state index < -0.39 is 12.2 Å². The molecule has 14 heavy (non-hydrogen) atoms. The van der Waals surface area contributed by atoms with Crippen molar-refractivity contribution in [2.45, 2.75) is 19.1 Å². The summed E-state index contributed by atoms with van der Waals surface area (Å²) in [5.41, 5.74) is 0.584. The Balaban J connectivity index is 3.00. The van der Waals surface area contributed by atoms with Crippen LogP contribution in [-0.4, -0.2) is 23.4 Å². The molecule has 0 aliphatic heterocycles. The van der Waals surface area contributed by atoms with Crippen LogP contribution >= 0.6 is 11.6 Å². The lowest BCUT2D eigenvalue weighted by Gasteiger charge is -2.15. The fraction of sp³-hybridized carbons (Fsp3) is 0.400. The first kappa shape index (κ1) is 11.3. The molecule has 2 unspecified atom stereocenters. The number of aliphatic hydroxyl groups is 2. The van der Waals surface area contributed by atoms with Crippen LogP contribution in [0.15, 0.2) is 18.2 Å². The third kappa shape index (κ3) is 2.38. The highest BCUT2D eigenvalue weighted by molar-refractivity contribution is 6.32. The van der Waals surface area contributed by atoms with Crippen LogP contribution < -0.4 is 4.74 Å². The first-order chi connectivity index (χ1) is 6.56. The molecular weight excluding hydrogens is 204 g/mol. The molecule has 0 radical (unpaired) electrons. The highest BCUT2D eigenvalue weighted by Crippen LogP contribution is 2.28. The van der Waals surface area contributed by atoms with Crippen LogP contribution in [0.4, 0.5) is 0 Å². The number of aliphatic hydroxyl groups excluding tert-OH is 2. The molecule has 0 bridgehead atoms. The van der Waals surface area contributed by atoms with Gasteiger partial charge in [-0.05, 0) is 24.6 Å². The maximum Gasteiger partial charge on any atom is 0.137 e. The van der Waals surface area contributed by atoms with E-state index in [1.807, 2.05) is 0 Å². The van der Waals surface area contributed by atoms with Crippen molar-refractivity contribution < 1.29 is 14.9 Å². The van der Waals surface area contributed by atoms with Crippen LogP contribution in [0.5, 0.6) is 5.75 Å². The number of halogens is 1. The van der Waals surface area contributed by atoms with Crippen molar-refractivity contribution in [1.29, 1.82) is 0 Å². The van der Waals surface area contributed by atoms with Crippen molar-refractivity contribution in [3.05, 3.63) is 28.8 Å². The minimum absolute atomic E-state index is 0.481. The summed E-state index contributed by atoms with van der Waals surface area (Å²) in [6, 6.07) is 4.89. The molecule has 0 saturated carbocycles. The predicted octanol–water partition coefficient (Wildman–Crippen LogP) is 1.76. The molecule has 1 rings (SSSR count). The summed E-state index contributed by atoms with van der Waals surface area (Å²) in [7, 11) is 1.50. The Hall–Kier alpha value is -0.770. The molecule has 1 aromatic rings. The van der Waals surface area contributed by atoms with Crippen LogP contribution in [0, 0.1) is 0 Å². The molecule has 2 N–H and O–H groups in total. The Morgan fingerprint density at radius 3 is 2.50 bits per heavy atom. The van der Waals surface area contributed by atoms with Gasteiger partial charge in [0.1, 0.15) is 11.9 Å². The SMILES string of the molecule is COc1cc(C(O)C(C)O)ccc1Cl. The zero-order valence-corrected chi connectivity index (χ0v) is 8.82. The lowest BCUT2D eigenvalue weighted by Crippen LogP contribution is -2.13. The van der Waals surface area contributed by atoms with Crippen molar-refractivity contribution in [2.75, 3.05) is 7.11 Å². The van der Waals surface area contributed by atoms with Gasteiger partial charge in [0.2, 0.25) is 0 Å². The maximum atomic E-state index is 9.56. The second kappa shape index (κ2) is 4.64. The van der Waals surface area contributed by atoms with E-state index in [4.69, 9.17) is 16.3 Å². The predicted molar refractivity (Wildman–Crippen MR) is 54.6 cm³/mol. The van der Waals surface area contributed by atoms with E-state index in [1.165, 1.54) is 14.0 Å². The molecule has 0 heterocycles. The quantitative estimate of drug-likeness (QED) is 0.810. The van der Waals surface area contributed by atoms with Gasteiger partial charge in [0.15, 0.2) is 0 Å². The number of benzene rings is 1. The molecule has 0 amide bonds. The molecule has 0 aliphatic carbocycles. The van der Waals surface area contributed by atoms with Gasteiger partial charge in [-0.15, -0.1) is 0 Å². The summed E-state index contributed by atoms with van der Waals surface area (Å²) in [4.78, 5) is 0. The summed E-state index contributed by atoms with van der Waals surface area (Å²) in [6.45, 7) is 1.52. The van der Waals surface area contributed by atoms with Crippen molar-refractivity contribution in [3.63, 3.8) is 0 Å². The number of rotatable bonds is 3. The summed E-state index contributed by atoms with van der Waals surface area (Å²) in [6.07, 6.45) is -1.73. The van der Waals surface area contributed by atoms with Gasteiger partial charge >= 0.3 is 0 Å². The van der Waals surface area contributed by atoms with E-state index in [2.05, 4.69) is 0 Å². The smallest absolute Gasteiger partial charge is 0.137 e. The Kier molecular flexibility index (Phi) is 3.75. The van der Waals surface area contributed by atoms with E-state index in [-0.39, 0.29) is 0 Å². The fourth-order valence-corrected chi connectivity index (χ4v) is 1.33. The maximum absolute atomic E-state index is 9.56. The molecule has 0 aliphatic rings. The molecule has 3 nitrogen and oxygen atoms in total. The first-order valence-electron chi connectivity index (χ1n) is 4.26. The summed E-state index contributed by atoms with van der Waals surface area (Å²) in [5, 5.41) is 19.2. The van der Waals surface area contributed by atoms with Crippen molar-refractivity contribution >= 4 is 11.6 Å². The average Bonchev–Trinajstić information content (AvgIpc) is 2.17. The Labute approximate surface area is 87.9 Å². The number of methoxy groups -OCH3 is 1. The van der Waals surface area contributed by atoms with Crippen molar-refractivity contribution in [1.82, 2.24) is 0 Å². The molecule has 0 spiro atoms. The Bertz CT molecular complexity index is 312. The largest absolute Gasteiger partial charge is 0.495 e. The molecule has 1 aromatic carbocycles. The second-order valence-corrected chi connectivity index (χ2v) is 3.49. The summed E-state index contributed by atoms with van der Waals surface area (Å²) >= 11 is 5.81. The van der Waals surface area contributed by atoms with Gasteiger partial charge in [0.25, 0.3) is 0 Å². The Morgan fingerprint density at radius 1 is 1.36 bits per heavy atom. The van der Waals surface area contributed by atoms with Gasteiger partial charge in [-0.25, -0.2) is 0 Å². The monoisotopic (exact) mass is 216 g/mol. The third-order valence-corrected chi connectivity index (χ3v) is 2.29. The van der Waals surface area contributed by atoms with Crippen LogP contribution in [0.25, 0.3) is 0 Å². The van der Waals surface area contributed by atoms with Crippen LogP contribution in [0.3, 0.4) is 0 Å². The zero-order valence-electron chi connectivity index (χ0n) is 8.07. The van der Waals surface area contributed by atoms with E-state index in [0.29, 0.717) is 16.3 Å². The highest BCUT2D eigenvalue weighted by atomic mass is 35.5. The van der Waals surface area contributed by atoms with Gasteiger partial charge < -0.3 is 14.9 Å². The van der Waals surface area contributed by atoms with Gasteiger partial charge in [-0.2, -0.15) is 0 Å². The van der Waals surface area contributed by atoms with Gasteiger partial charge in [-0.1, -0.05) is 17.7 Å². The van der Waals surface area contributed by atoms with E-state index >= 15 is 0 Å². The number of hydrogen-bond acceptors (Lipinski definition) is 3. The number of hydrogen-bond donors (Lipinski definition) is 2. The topological polar surface area (TPSA) is 49.7 Å². The fourth-order valence-electron chi connectivity index (χ4n) is 1.14. The minimum Gasteiger partial charge on any atom is -0.495 e. The molecule has 78 valence electrons. The lowest BCUT2D eigenvalue weighted by atomic mass is 10.1. The van der Waals surface area contributed by atoms with Crippen LogP contribution in [0.2, 0.25) is 5.02 Å². The summed E-state index contributed by atoms with van der Waals surface area (Å²) in [5.74, 6) is 0.490. The van der Waals surface area contributed by atoms with Crippen LogP contribution in [-0.2, 0) is 0 Å². The molecule has 2 atom stereocenters. The molecule has 0 aromatic heterocycles. The molecule has 0 fully saturated rings. The van der Waals surface area contributed by atoms with E-state index in [1.54, 1.807) is 18.2 Å². The Morgan fingerprint density at radius 2 is 2.00 bits per heavy atom.